The molecule has 1 aliphatic rings. The summed E-state index contributed by atoms with van der Waals surface area (Å²) >= 11 is 0. The van der Waals surface area contributed by atoms with Crippen LogP contribution < -0.4 is 25.0 Å². The van der Waals surface area contributed by atoms with Crippen LogP contribution in [0.1, 0.15) is 29.3 Å². The van der Waals surface area contributed by atoms with Gasteiger partial charge in [-0.05, 0) is 43.0 Å². The Labute approximate surface area is 157 Å². The van der Waals surface area contributed by atoms with Crippen LogP contribution in [0.15, 0.2) is 29.2 Å². The number of aromatic nitrogens is 1. The van der Waals surface area contributed by atoms with Crippen molar-refractivity contribution < 1.29 is 19.0 Å². The van der Waals surface area contributed by atoms with Crippen molar-refractivity contribution in [3.63, 3.8) is 0 Å². The van der Waals surface area contributed by atoms with Crippen LogP contribution in [0.5, 0.6) is 17.2 Å². The van der Waals surface area contributed by atoms with E-state index in [4.69, 9.17) is 14.2 Å². The topological polar surface area (TPSA) is 78.8 Å². The van der Waals surface area contributed by atoms with Gasteiger partial charge in [0.2, 0.25) is 5.43 Å². The number of nitrogens with zero attached hydrogens (tertiary/aromatic N) is 1. The molecule has 7 heteroatoms. The maximum Gasteiger partial charge on any atom is 0.258 e. The van der Waals surface area contributed by atoms with Gasteiger partial charge in [-0.25, -0.2) is 0 Å². The number of fused-ring (bicyclic) bond motifs is 1. The Hall–Kier alpha value is -2.96. The molecule has 1 N–H and O–H groups in total. The highest BCUT2D eigenvalue weighted by Crippen LogP contribution is 2.39. The van der Waals surface area contributed by atoms with Crippen LogP contribution in [0.2, 0.25) is 0 Å². The summed E-state index contributed by atoms with van der Waals surface area (Å²) in [4.78, 5) is 24.3. The standard InChI is InChI=1S/C20H24N2O5/c1-12-7-16(23)19(10-22(12)2)27-11-20(24)21-15-6-5-13-8-17(25-3)18(26-4)9-14(13)15/h7-10,15H,5-6,11H2,1-4H3,(H,21,24)/t15-/m0/s1. The van der Waals surface area contributed by atoms with E-state index in [9.17, 15) is 9.59 Å². The summed E-state index contributed by atoms with van der Waals surface area (Å²) < 4.78 is 17.9. The SMILES string of the molecule is COc1cc2c(cc1OC)[C@@H](NC(=O)COc1cn(C)c(C)cc1=O)CC2. The molecule has 27 heavy (non-hydrogen) atoms. The lowest BCUT2D eigenvalue weighted by Gasteiger charge is -2.16. The van der Waals surface area contributed by atoms with Gasteiger partial charge in [0.05, 0.1) is 20.3 Å². The second kappa shape index (κ2) is 7.73. The first kappa shape index (κ1) is 18.8. The molecule has 1 atom stereocenters. The first-order chi connectivity index (χ1) is 12.9. The molecular formula is C20H24N2O5. The molecule has 0 saturated carbocycles. The van der Waals surface area contributed by atoms with Crippen LogP contribution in [-0.4, -0.2) is 31.3 Å². The van der Waals surface area contributed by atoms with E-state index < -0.39 is 0 Å². The lowest BCUT2D eigenvalue weighted by atomic mass is 10.1. The number of aryl methyl sites for hydroxylation is 3. The highest BCUT2D eigenvalue weighted by Gasteiger charge is 2.26. The number of ether oxygens (including phenoxy) is 3. The number of carbonyl (C=O) groups excluding carboxylic acids is 1. The van der Waals surface area contributed by atoms with E-state index in [-0.39, 0.29) is 29.7 Å². The number of benzene rings is 1. The van der Waals surface area contributed by atoms with Crippen molar-refractivity contribution >= 4 is 5.91 Å². The Kier molecular flexibility index (Phi) is 5.39. The van der Waals surface area contributed by atoms with Crippen LogP contribution in [0, 0.1) is 6.92 Å². The van der Waals surface area contributed by atoms with E-state index in [1.165, 1.54) is 6.07 Å². The number of hydrogen-bond donors (Lipinski definition) is 1. The van der Waals surface area contributed by atoms with E-state index in [1.54, 1.807) is 25.0 Å². The first-order valence-electron chi connectivity index (χ1n) is 8.77. The molecule has 1 amide bonds. The summed E-state index contributed by atoms with van der Waals surface area (Å²) in [5, 5.41) is 2.97. The minimum absolute atomic E-state index is 0.114. The number of amides is 1. The van der Waals surface area contributed by atoms with Crippen LogP contribution in [0.25, 0.3) is 0 Å². The minimum atomic E-state index is -0.273. The summed E-state index contributed by atoms with van der Waals surface area (Å²) in [6.07, 6.45) is 3.23. The number of pyridine rings is 1. The molecule has 3 rings (SSSR count). The maximum atomic E-state index is 12.3. The van der Waals surface area contributed by atoms with Gasteiger partial charge >= 0.3 is 0 Å². The van der Waals surface area contributed by atoms with Crippen LogP contribution >= 0.6 is 0 Å². The molecule has 0 fully saturated rings. The third kappa shape index (κ3) is 3.92. The van der Waals surface area contributed by atoms with Crippen molar-refractivity contribution in [2.24, 2.45) is 7.05 Å². The van der Waals surface area contributed by atoms with Crippen molar-refractivity contribution in [1.82, 2.24) is 9.88 Å². The second-order valence-corrected chi connectivity index (χ2v) is 6.61. The van der Waals surface area contributed by atoms with Crippen molar-refractivity contribution in [3.8, 4) is 17.2 Å². The molecule has 144 valence electrons. The van der Waals surface area contributed by atoms with Gasteiger partial charge in [-0.1, -0.05) is 0 Å². The molecule has 1 aromatic carbocycles. The number of nitrogens with one attached hydrogen (secondary N) is 1. The van der Waals surface area contributed by atoms with Gasteiger partial charge in [0.15, 0.2) is 23.9 Å². The number of carbonyl (C=O) groups is 1. The zero-order valence-corrected chi connectivity index (χ0v) is 16.0. The van der Waals surface area contributed by atoms with Crippen LogP contribution in [0.4, 0.5) is 0 Å². The summed E-state index contributed by atoms with van der Waals surface area (Å²) in [7, 11) is 5.01. The molecule has 0 saturated heterocycles. The Morgan fingerprint density at radius 1 is 1.19 bits per heavy atom. The van der Waals surface area contributed by atoms with Crippen molar-refractivity contribution in [2.75, 3.05) is 20.8 Å². The minimum Gasteiger partial charge on any atom is -0.493 e. The average molecular weight is 372 g/mol. The van der Waals surface area contributed by atoms with Crippen molar-refractivity contribution in [2.45, 2.75) is 25.8 Å². The highest BCUT2D eigenvalue weighted by atomic mass is 16.5. The highest BCUT2D eigenvalue weighted by molar-refractivity contribution is 5.78. The van der Waals surface area contributed by atoms with Gasteiger partial charge in [-0.2, -0.15) is 0 Å². The molecule has 0 aliphatic heterocycles. The lowest BCUT2D eigenvalue weighted by molar-refractivity contribution is -0.123. The van der Waals surface area contributed by atoms with E-state index >= 15 is 0 Å². The summed E-state index contributed by atoms with van der Waals surface area (Å²) in [6, 6.07) is 5.23. The fourth-order valence-corrected chi connectivity index (χ4v) is 3.27. The smallest absolute Gasteiger partial charge is 0.258 e. The average Bonchev–Trinajstić information content (AvgIpc) is 3.04. The predicted octanol–water partition coefficient (Wildman–Crippen LogP) is 1.89. The fraction of sp³-hybridized carbons (Fsp3) is 0.400. The van der Waals surface area contributed by atoms with E-state index in [2.05, 4.69) is 5.32 Å². The number of hydrogen-bond acceptors (Lipinski definition) is 5. The largest absolute Gasteiger partial charge is 0.493 e. The molecule has 1 heterocycles. The Morgan fingerprint density at radius 3 is 2.59 bits per heavy atom. The normalized spacial score (nSPS) is 15.2. The molecule has 7 nitrogen and oxygen atoms in total. The zero-order chi connectivity index (χ0) is 19.6. The molecule has 2 aromatic rings. The molecule has 0 bridgehead atoms. The van der Waals surface area contributed by atoms with Gasteiger partial charge in [-0.3, -0.25) is 9.59 Å². The maximum absolute atomic E-state index is 12.3. The first-order valence-corrected chi connectivity index (χ1v) is 8.77. The van der Waals surface area contributed by atoms with Crippen molar-refractivity contribution in [1.29, 1.82) is 0 Å². The fourth-order valence-electron chi connectivity index (χ4n) is 3.27. The van der Waals surface area contributed by atoms with Gasteiger partial charge in [-0.15, -0.1) is 0 Å². The monoisotopic (exact) mass is 372 g/mol. The van der Waals surface area contributed by atoms with Gasteiger partial charge in [0, 0.05) is 25.0 Å². The van der Waals surface area contributed by atoms with Crippen LogP contribution in [-0.2, 0) is 18.3 Å². The number of methoxy groups -OCH3 is 2. The molecule has 1 aromatic heterocycles. The third-order valence-electron chi connectivity index (χ3n) is 4.87. The molecule has 1 aliphatic carbocycles. The van der Waals surface area contributed by atoms with Gasteiger partial charge < -0.3 is 24.1 Å². The van der Waals surface area contributed by atoms with Gasteiger partial charge in [0.25, 0.3) is 5.91 Å². The second-order valence-electron chi connectivity index (χ2n) is 6.61. The van der Waals surface area contributed by atoms with Gasteiger partial charge in [0.1, 0.15) is 0 Å². The molecule has 0 spiro atoms. The Morgan fingerprint density at radius 2 is 1.89 bits per heavy atom. The Balaban J connectivity index is 1.67. The third-order valence-corrected chi connectivity index (χ3v) is 4.87. The summed E-state index contributed by atoms with van der Waals surface area (Å²) in [5.41, 5.74) is 2.74. The van der Waals surface area contributed by atoms with E-state index in [0.717, 1.165) is 29.7 Å². The number of rotatable bonds is 6. The lowest BCUT2D eigenvalue weighted by Crippen LogP contribution is -2.32. The summed E-state index contributed by atoms with van der Waals surface area (Å²) in [5.74, 6) is 1.21. The van der Waals surface area contributed by atoms with Crippen molar-refractivity contribution in [3.05, 3.63) is 51.4 Å². The van der Waals surface area contributed by atoms with E-state index in [1.807, 2.05) is 26.1 Å². The summed E-state index contributed by atoms with van der Waals surface area (Å²) in [6.45, 7) is 1.62. The van der Waals surface area contributed by atoms with E-state index in [0.29, 0.717) is 11.5 Å². The van der Waals surface area contributed by atoms with Crippen LogP contribution in [0.3, 0.4) is 0 Å². The quantitative estimate of drug-likeness (QED) is 0.838. The zero-order valence-electron chi connectivity index (χ0n) is 16.0. The molecule has 0 radical (unpaired) electrons. The Bertz CT molecular complexity index is 919. The molecule has 0 unspecified atom stereocenters. The molecular weight excluding hydrogens is 348 g/mol. The predicted molar refractivity (Wildman–Crippen MR) is 101 cm³/mol.